The molecule has 1 aliphatic heterocycles. The predicted molar refractivity (Wildman–Crippen MR) is 110 cm³/mol. The minimum atomic E-state index is -0.768. The summed E-state index contributed by atoms with van der Waals surface area (Å²) in [6.45, 7) is 3.15. The molecule has 1 fully saturated rings. The van der Waals surface area contributed by atoms with Gasteiger partial charge in [0.25, 0.3) is 5.91 Å². The van der Waals surface area contributed by atoms with Gasteiger partial charge in [-0.3, -0.25) is 4.79 Å². The number of aliphatic hydroxyl groups is 1. The van der Waals surface area contributed by atoms with E-state index >= 15 is 0 Å². The van der Waals surface area contributed by atoms with Crippen LogP contribution in [-0.2, 0) is 11.3 Å². The Balaban J connectivity index is 1.61. The summed E-state index contributed by atoms with van der Waals surface area (Å²) in [5, 5.41) is 13.6. The molecule has 6 nitrogen and oxygen atoms in total. The quantitative estimate of drug-likeness (QED) is 0.708. The van der Waals surface area contributed by atoms with Crippen molar-refractivity contribution in [3.8, 4) is 5.75 Å². The van der Waals surface area contributed by atoms with Crippen molar-refractivity contribution in [3.05, 3.63) is 59.2 Å². The van der Waals surface area contributed by atoms with Gasteiger partial charge in [0, 0.05) is 6.54 Å². The summed E-state index contributed by atoms with van der Waals surface area (Å²) in [6, 6.07) is 12.8. The highest BCUT2D eigenvalue weighted by Crippen LogP contribution is 2.37. The van der Waals surface area contributed by atoms with Gasteiger partial charge in [0.05, 0.1) is 35.6 Å². The first kappa shape index (κ1) is 19.2. The molecule has 0 radical (unpaired) electrons. The minimum Gasteiger partial charge on any atom is -0.493 e. The van der Waals surface area contributed by atoms with Crippen LogP contribution in [0.4, 0.5) is 5.69 Å². The van der Waals surface area contributed by atoms with E-state index in [0.29, 0.717) is 42.3 Å². The molecule has 2 aromatic carbocycles. The molecule has 29 heavy (non-hydrogen) atoms. The fourth-order valence-corrected chi connectivity index (χ4v) is 3.99. The molecular weight excluding hydrogens is 368 g/mol. The van der Waals surface area contributed by atoms with Crippen LogP contribution in [0.5, 0.6) is 5.75 Å². The maximum absolute atomic E-state index is 13.1. The topological polar surface area (TPSA) is 78.9 Å². The average Bonchev–Trinajstić information content (AvgIpc) is 3.02. The molecular formula is C23H24N2O4. The zero-order chi connectivity index (χ0) is 20.4. The average molecular weight is 392 g/mol. The first-order valence-corrected chi connectivity index (χ1v) is 9.92. The van der Waals surface area contributed by atoms with Crippen LogP contribution in [0.3, 0.4) is 0 Å². The van der Waals surface area contributed by atoms with Gasteiger partial charge in [-0.1, -0.05) is 24.3 Å². The Morgan fingerprint density at radius 2 is 2.03 bits per heavy atom. The number of ether oxygens (including phenoxy) is 1. The SMILES string of the molecule is CCOc1ccccc1C(=C=O)Nc1cccc2c1C(=O)N(CC1(O)CCC1)C2. The lowest BCUT2D eigenvalue weighted by Gasteiger charge is -2.39. The van der Waals surface area contributed by atoms with Crippen LogP contribution in [0.2, 0.25) is 0 Å². The number of carbonyl (C=O) groups is 1. The molecule has 0 unspecified atom stereocenters. The monoisotopic (exact) mass is 392 g/mol. The predicted octanol–water partition coefficient (Wildman–Crippen LogP) is 3.24. The Morgan fingerprint density at radius 1 is 1.24 bits per heavy atom. The lowest BCUT2D eigenvalue weighted by atomic mass is 9.80. The van der Waals surface area contributed by atoms with E-state index in [1.165, 1.54) is 0 Å². The Hall–Kier alpha value is -3.08. The third kappa shape index (κ3) is 3.65. The summed E-state index contributed by atoms with van der Waals surface area (Å²) in [5.74, 6) is 2.39. The summed E-state index contributed by atoms with van der Waals surface area (Å²) in [7, 11) is 0. The van der Waals surface area contributed by atoms with Crippen LogP contribution in [-0.4, -0.2) is 40.6 Å². The number of anilines is 1. The number of hydrogen-bond donors (Lipinski definition) is 2. The highest BCUT2D eigenvalue weighted by molar-refractivity contribution is 6.06. The van der Waals surface area contributed by atoms with Crippen molar-refractivity contribution in [1.29, 1.82) is 0 Å². The van der Waals surface area contributed by atoms with Gasteiger partial charge in [-0.25, -0.2) is 4.79 Å². The number of benzene rings is 2. The summed E-state index contributed by atoms with van der Waals surface area (Å²) < 4.78 is 5.62. The van der Waals surface area contributed by atoms with E-state index in [4.69, 9.17) is 4.74 Å². The molecule has 6 heteroatoms. The minimum absolute atomic E-state index is 0.133. The van der Waals surface area contributed by atoms with Gasteiger partial charge in [0.1, 0.15) is 11.4 Å². The molecule has 2 aliphatic rings. The molecule has 0 bridgehead atoms. The van der Waals surface area contributed by atoms with Gasteiger partial charge < -0.3 is 20.1 Å². The van der Waals surface area contributed by atoms with Crippen molar-refractivity contribution in [2.75, 3.05) is 18.5 Å². The summed E-state index contributed by atoms with van der Waals surface area (Å²) in [5.41, 5.74) is 2.01. The van der Waals surface area contributed by atoms with Gasteiger partial charge in [0.2, 0.25) is 0 Å². The second-order valence-corrected chi connectivity index (χ2v) is 7.61. The lowest BCUT2D eigenvalue weighted by Crippen LogP contribution is -2.48. The number of β-amino-alcohol motifs (C(OH)–C–C–N with tert-alkyl or cyclic N) is 1. The molecule has 2 N–H and O–H groups in total. The molecule has 1 amide bonds. The van der Waals surface area contributed by atoms with Crippen molar-refractivity contribution < 1.29 is 19.4 Å². The van der Waals surface area contributed by atoms with Crippen LogP contribution in [0.25, 0.3) is 5.70 Å². The van der Waals surface area contributed by atoms with Crippen molar-refractivity contribution in [1.82, 2.24) is 4.90 Å². The number of hydrogen-bond acceptors (Lipinski definition) is 5. The number of para-hydroxylation sites is 1. The zero-order valence-corrected chi connectivity index (χ0v) is 16.4. The molecule has 1 aliphatic carbocycles. The van der Waals surface area contributed by atoms with E-state index in [2.05, 4.69) is 5.32 Å². The fraction of sp³-hybridized carbons (Fsp3) is 0.348. The smallest absolute Gasteiger partial charge is 0.256 e. The molecule has 4 rings (SSSR count). The number of nitrogens with one attached hydrogen (secondary N) is 1. The molecule has 150 valence electrons. The second-order valence-electron chi connectivity index (χ2n) is 7.61. The maximum Gasteiger partial charge on any atom is 0.256 e. The van der Waals surface area contributed by atoms with Crippen molar-refractivity contribution in [2.45, 2.75) is 38.3 Å². The molecule has 2 aromatic rings. The zero-order valence-electron chi connectivity index (χ0n) is 16.4. The van der Waals surface area contributed by atoms with Gasteiger partial charge in [0.15, 0.2) is 5.94 Å². The lowest BCUT2D eigenvalue weighted by molar-refractivity contribution is -0.0535. The highest BCUT2D eigenvalue weighted by atomic mass is 16.5. The Labute approximate surface area is 169 Å². The molecule has 0 atom stereocenters. The summed E-state index contributed by atoms with van der Waals surface area (Å²) in [4.78, 5) is 26.5. The first-order valence-electron chi connectivity index (χ1n) is 9.92. The van der Waals surface area contributed by atoms with Crippen LogP contribution in [0, 0.1) is 0 Å². The summed E-state index contributed by atoms with van der Waals surface area (Å²) in [6.07, 6.45) is 2.44. The number of fused-ring (bicyclic) bond motifs is 1. The molecule has 0 spiro atoms. The number of nitrogens with zero attached hydrogens (tertiary/aromatic N) is 1. The first-order chi connectivity index (χ1) is 14.0. The van der Waals surface area contributed by atoms with E-state index in [1.807, 2.05) is 37.1 Å². The summed E-state index contributed by atoms with van der Waals surface area (Å²) >= 11 is 0. The second kappa shape index (κ2) is 7.74. The fourth-order valence-electron chi connectivity index (χ4n) is 3.99. The van der Waals surface area contributed by atoms with Crippen LogP contribution in [0.1, 0.15) is 47.7 Å². The van der Waals surface area contributed by atoms with Gasteiger partial charge >= 0.3 is 0 Å². The molecule has 1 heterocycles. The third-order valence-electron chi connectivity index (χ3n) is 5.60. The third-order valence-corrected chi connectivity index (χ3v) is 5.60. The highest BCUT2D eigenvalue weighted by Gasteiger charge is 2.40. The van der Waals surface area contributed by atoms with Gasteiger partial charge in [-0.15, -0.1) is 0 Å². The van der Waals surface area contributed by atoms with Gasteiger partial charge in [-0.2, -0.15) is 0 Å². The van der Waals surface area contributed by atoms with E-state index in [0.717, 1.165) is 24.8 Å². The number of carbonyl (C=O) groups excluding carboxylic acids is 2. The van der Waals surface area contributed by atoms with E-state index in [9.17, 15) is 14.7 Å². The van der Waals surface area contributed by atoms with E-state index in [1.54, 1.807) is 23.1 Å². The van der Waals surface area contributed by atoms with Crippen LogP contribution >= 0.6 is 0 Å². The van der Waals surface area contributed by atoms with Gasteiger partial charge in [-0.05, 0) is 49.9 Å². The van der Waals surface area contributed by atoms with Crippen LogP contribution in [0.15, 0.2) is 42.5 Å². The van der Waals surface area contributed by atoms with Crippen molar-refractivity contribution >= 4 is 23.2 Å². The molecule has 1 saturated carbocycles. The Kier molecular flexibility index (Phi) is 5.14. The normalized spacial score (nSPS) is 16.6. The Morgan fingerprint density at radius 3 is 2.72 bits per heavy atom. The van der Waals surface area contributed by atoms with Crippen molar-refractivity contribution in [2.24, 2.45) is 0 Å². The number of amides is 1. The van der Waals surface area contributed by atoms with Crippen molar-refractivity contribution in [3.63, 3.8) is 0 Å². The molecule has 0 saturated heterocycles. The standard InChI is InChI=1S/C23H24N2O4/c1-2-29-20-10-4-3-8-17(20)19(14-26)24-18-9-5-7-16-13-25(22(27)21(16)18)15-23(28)11-6-12-23/h3-5,7-10,24,28H,2,6,11-13,15H2,1H3. The van der Waals surface area contributed by atoms with E-state index < -0.39 is 5.60 Å². The molecule has 0 aromatic heterocycles. The van der Waals surface area contributed by atoms with E-state index in [-0.39, 0.29) is 11.6 Å². The van der Waals surface area contributed by atoms with Crippen LogP contribution < -0.4 is 10.1 Å². The number of rotatable bonds is 7. The largest absolute Gasteiger partial charge is 0.493 e. The Bertz CT molecular complexity index is 990. The maximum atomic E-state index is 13.1.